The topological polar surface area (TPSA) is 47.6 Å². The van der Waals surface area contributed by atoms with E-state index in [1.54, 1.807) is 0 Å². The van der Waals surface area contributed by atoms with Gasteiger partial charge in [0.05, 0.1) is 18.8 Å². The molecule has 0 aliphatic rings. The summed E-state index contributed by atoms with van der Waals surface area (Å²) in [6, 6.07) is 8.00. The lowest BCUT2D eigenvalue weighted by atomic mass is 10.1. The Morgan fingerprint density at radius 2 is 1.82 bits per heavy atom. The minimum Gasteiger partial charge on any atom is -0.444 e. The summed E-state index contributed by atoms with van der Waals surface area (Å²) in [5, 5.41) is 2.78. The average Bonchev–Trinajstić information content (AvgIpc) is 2.43. The molecule has 22 heavy (non-hydrogen) atoms. The van der Waals surface area contributed by atoms with Gasteiger partial charge >= 0.3 is 6.09 Å². The molecule has 0 saturated heterocycles. The monoisotopic (exact) mass is 483 g/mol. The highest BCUT2D eigenvalue weighted by Crippen LogP contribution is 2.18. The Bertz CT molecular complexity index is 487. The lowest BCUT2D eigenvalue weighted by molar-refractivity contribution is -0.0246. The number of carbonyl (C=O) groups excluding carboxylic acids is 1. The number of carbonyl (C=O) groups is 1. The average molecular weight is 484 g/mol. The summed E-state index contributed by atoms with van der Waals surface area (Å²) in [7, 11) is 0. The Morgan fingerprint density at radius 3 is 2.32 bits per heavy atom. The van der Waals surface area contributed by atoms with Gasteiger partial charge in [-0.1, -0.05) is 50.7 Å². The molecule has 0 bridgehead atoms. The molecule has 1 atom stereocenters. The van der Waals surface area contributed by atoms with Gasteiger partial charge in [0.2, 0.25) is 0 Å². The van der Waals surface area contributed by atoms with Crippen LogP contribution in [-0.4, -0.2) is 28.3 Å². The first-order valence-corrected chi connectivity index (χ1v) is 9.37. The summed E-state index contributed by atoms with van der Waals surface area (Å²) in [6.07, 6.45) is -0.421. The Labute approximate surface area is 154 Å². The standard InChI is InChI=1S/C16H23BrINO3/c1-15(2,3)22-14(20)19-11-16(4,10-18)21-9-12-5-7-13(17)8-6-12/h5-8H,9-11H2,1-4H3,(H,19,20). The maximum absolute atomic E-state index is 11.7. The van der Waals surface area contributed by atoms with Gasteiger partial charge in [0, 0.05) is 8.90 Å². The molecule has 1 aromatic carbocycles. The van der Waals surface area contributed by atoms with Crippen molar-refractivity contribution >= 4 is 44.6 Å². The molecule has 0 aliphatic heterocycles. The number of nitrogens with one attached hydrogen (secondary N) is 1. The molecule has 0 aliphatic carbocycles. The number of benzene rings is 1. The third-order valence-electron chi connectivity index (χ3n) is 2.79. The summed E-state index contributed by atoms with van der Waals surface area (Å²) in [4.78, 5) is 11.7. The van der Waals surface area contributed by atoms with Gasteiger partial charge in [-0.25, -0.2) is 4.79 Å². The van der Waals surface area contributed by atoms with Gasteiger partial charge < -0.3 is 14.8 Å². The van der Waals surface area contributed by atoms with Crippen molar-refractivity contribution in [1.82, 2.24) is 5.32 Å². The molecule has 0 fully saturated rings. The molecular weight excluding hydrogens is 461 g/mol. The Balaban J connectivity index is 2.49. The number of rotatable bonds is 6. The van der Waals surface area contributed by atoms with Crippen molar-refractivity contribution in [2.45, 2.75) is 45.5 Å². The number of hydrogen-bond donors (Lipinski definition) is 1. The smallest absolute Gasteiger partial charge is 0.407 e. The fourth-order valence-electron chi connectivity index (χ4n) is 1.55. The van der Waals surface area contributed by atoms with Gasteiger partial charge in [0.15, 0.2) is 0 Å². The number of alkyl halides is 1. The van der Waals surface area contributed by atoms with Crippen LogP contribution in [0.1, 0.15) is 33.3 Å². The predicted octanol–water partition coefficient (Wildman–Crippen LogP) is 4.68. The molecule has 0 saturated carbocycles. The zero-order valence-electron chi connectivity index (χ0n) is 13.4. The van der Waals surface area contributed by atoms with Gasteiger partial charge in [-0.15, -0.1) is 0 Å². The predicted molar refractivity (Wildman–Crippen MR) is 100 cm³/mol. The van der Waals surface area contributed by atoms with Crippen LogP contribution in [0, 0.1) is 0 Å². The van der Waals surface area contributed by atoms with E-state index < -0.39 is 17.3 Å². The SMILES string of the molecule is CC(C)(C)OC(=O)NCC(C)(CI)OCc1ccc(Br)cc1. The molecule has 1 N–H and O–H groups in total. The summed E-state index contributed by atoms with van der Waals surface area (Å²) in [5.74, 6) is 0. The van der Waals surface area contributed by atoms with Crippen LogP contribution in [-0.2, 0) is 16.1 Å². The van der Waals surface area contributed by atoms with Crippen LogP contribution in [0.3, 0.4) is 0 Å². The van der Waals surface area contributed by atoms with Gasteiger partial charge in [0.1, 0.15) is 5.60 Å². The molecule has 1 amide bonds. The van der Waals surface area contributed by atoms with Crippen molar-refractivity contribution in [1.29, 1.82) is 0 Å². The highest BCUT2D eigenvalue weighted by Gasteiger charge is 2.26. The number of hydrogen-bond acceptors (Lipinski definition) is 3. The minimum absolute atomic E-state index is 0.404. The van der Waals surface area contributed by atoms with E-state index >= 15 is 0 Å². The molecule has 1 rings (SSSR count). The Kier molecular flexibility index (Phi) is 7.61. The van der Waals surface area contributed by atoms with E-state index in [1.165, 1.54) is 0 Å². The third kappa shape index (κ3) is 7.78. The molecule has 1 aromatic rings. The van der Waals surface area contributed by atoms with E-state index in [0.29, 0.717) is 13.2 Å². The van der Waals surface area contributed by atoms with E-state index in [4.69, 9.17) is 9.47 Å². The molecule has 6 heteroatoms. The zero-order valence-corrected chi connectivity index (χ0v) is 17.2. The number of amides is 1. The van der Waals surface area contributed by atoms with Crippen LogP contribution >= 0.6 is 38.5 Å². The highest BCUT2D eigenvalue weighted by molar-refractivity contribution is 14.1. The summed E-state index contributed by atoms with van der Waals surface area (Å²) in [5.41, 5.74) is 0.157. The highest BCUT2D eigenvalue weighted by atomic mass is 127. The lowest BCUT2D eigenvalue weighted by Crippen LogP contribution is -2.45. The second kappa shape index (κ2) is 8.49. The van der Waals surface area contributed by atoms with E-state index in [0.717, 1.165) is 14.5 Å². The number of ether oxygens (including phenoxy) is 2. The van der Waals surface area contributed by atoms with E-state index in [9.17, 15) is 4.79 Å². The molecule has 0 radical (unpaired) electrons. The molecule has 0 heterocycles. The molecule has 4 nitrogen and oxygen atoms in total. The van der Waals surface area contributed by atoms with Crippen molar-refractivity contribution in [2.75, 3.05) is 11.0 Å². The van der Waals surface area contributed by atoms with Crippen LogP contribution in [0.2, 0.25) is 0 Å². The van der Waals surface area contributed by atoms with E-state index in [2.05, 4.69) is 43.8 Å². The largest absolute Gasteiger partial charge is 0.444 e. The van der Waals surface area contributed by atoms with Gasteiger partial charge in [-0.05, 0) is 45.4 Å². The first-order valence-electron chi connectivity index (χ1n) is 7.05. The van der Waals surface area contributed by atoms with Crippen LogP contribution in [0.25, 0.3) is 0 Å². The number of alkyl carbamates (subject to hydrolysis) is 1. The summed E-state index contributed by atoms with van der Waals surface area (Å²) < 4.78 is 13.0. The van der Waals surface area contributed by atoms with Crippen LogP contribution in [0.4, 0.5) is 4.79 Å². The first-order chi connectivity index (χ1) is 10.1. The summed E-state index contributed by atoms with van der Waals surface area (Å²) in [6.45, 7) is 8.41. The molecule has 0 aromatic heterocycles. The Hall–Kier alpha value is -0.340. The summed E-state index contributed by atoms with van der Waals surface area (Å²) >= 11 is 5.68. The van der Waals surface area contributed by atoms with Crippen molar-refractivity contribution in [3.8, 4) is 0 Å². The molecule has 124 valence electrons. The second-order valence-electron chi connectivity index (χ2n) is 6.35. The fraction of sp³-hybridized carbons (Fsp3) is 0.562. The first kappa shape index (κ1) is 19.7. The van der Waals surface area contributed by atoms with E-state index in [-0.39, 0.29) is 0 Å². The molecule has 1 unspecified atom stereocenters. The van der Waals surface area contributed by atoms with Gasteiger partial charge in [-0.3, -0.25) is 0 Å². The second-order valence-corrected chi connectivity index (χ2v) is 8.03. The van der Waals surface area contributed by atoms with Crippen LogP contribution in [0.15, 0.2) is 28.7 Å². The van der Waals surface area contributed by atoms with Crippen LogP contribution in [0.5, 0.6) is 0 Å². The Morgan fingerprint density at radius 1 is 1.23 bits per heavy atom. The maximum Gasteiger partial charge on any atom is 0.407 e. The number of halogens is 2. The van der Waals surface area contributed by atoms with Gasteiger partial charge in [0.25, 0.3) is 0 Å². The minimum atomic E-state index is -0.497. The molecule has 0 spiro atoms. The molecular formula is C16H23BrINO3. The van der Waals surface area contributed by atoms with Crippen LogP contribution < -0.4 is 5.32 Å². The van der Waals surface area contributed by atoms with Crippen molar-refractivity contribution < 1.29 is 14.3 Å². The van der Waals surface area contributed by atoms with Crippen molar-refractivity contribution in [3.05, 3.63) is 34.3 Å². The fourth-order valence-corrected chi connectivity index (χ4v) is 2.30. The maximum atomic E-state index is 11.7. The normalized spacial score (nSPS) is 14.3. The van der Waals surface area contributed by atoms with E-state index in [1.807, 2.05) is 52.0 Å². The lowest BCUT2D eigenvalue weighted by Gasteiger charge is -2.29. The van der Waals surface area contributed by atoms with Gasteiger partial charge in [-0.2, -0.15) is 0 Å². The third-order valence-corrected chi connectivity index (χ3v) is 4.93. The van der Waals surface area contributed by atoms with Crippen molar-refractivity contribution in [3.63, 3.8) is 0 Å². The zero-order chi connectivity index (χ0) is 16.8. The quantitative estimate of drug-likeness (QED) is 0.472. The van der Waals surface area contributed by atoms with Crippen molar-refractivity contribution in [2.24, 2.45) is 0 Å².